The van der Waals surface area contributed by atoms with E-state index in [1.807, 2.05) is 20.8 Å². The van der Waals surface area contributed by atoms with Crippen molar-refractivity contribution in [2.75, 3.05) is 17.7 Å². The van der Waals surface area contributed by atoms with Gasteiger partial charge in [0.2, 0.25) is 11.8 Å². The number of benzene rings is 3. The molecule has 0 saturated heterocycles. The van der Waals surface area contributed by atoms with Crippen molar-refractivity contribution in [3.8, 4) is 23.0 Å². The second-order valence-electron chi connectivity index (χ2n) is 10.8. The van der Waals surface area contributed by atoms with Crippen LogP contribution in [0.2, 0.25) is 0 Å². The Morgan fingerprint density at radius 3 is 2.10 bits per heavy atom. The maximum Gasteiger partial charge on any atom is 0.240 e. The summed E-state index contributed by atoms with van der Waals surface area (Å²) in [5, 5.41) is 5.86. The van der Waals surface area contributed by atoms with Crippen LogP contribution in [0.25, 0.3) is 10.9 Å². The minimum Gasteiger partial charge on any atom is -0.493 e. The summed E-state index contributed by atoms with van der Waals surface area (Å²) in [6.07, 6.45) is 2.23. The number of hydrogen-bond donors (Lipinski definition) is 2. The van der Waals surface area contributed by atoms with E-state index in [1.165, 1.54) is 43.5 Å². The van der Waals surface area contributed by atoms with E-state index in [4.69, 9.17) is 14.2 Å². The first-order valence-corrected chi connectivity index (χ1v) is 13.0. The minimum absolute atomic E-state index is 0.0697. The van der Waals surface area contributed by atoms with Crippen LogP contribution in [0.4, 0.5) is 20.2 Å². The summed E-state index contributed by atoms with van der Waals surface area (Å²) in [5.41, 5.74) is -0.612. The molecule has 0 unspecified atom stereocenters. The third kappa shape index (κ3) is 6.06. The van der Waals surface area contributed by atoms with Crippen molar-refractivity contribution in [1.82, 2.24) is 4.98 Å². The normalized spacial score (nSPS) is 13.8. The summed E-state index contributed by atoms with van der Waals surface area (Å²) in [7, 11) is 1.53. The Labute approximate surface area is 235 Å². The number of hydrogen-bond acceptors (Lipinski definition) is 6. The highest BCUT2D eigenvalue weighted by Crippen LogP contribution is 2.47. The van der Waals surface area contributed by atoms with E-state index in [2.05, 4.69) is 15.6 Å². The highest BCUT2D eigenvalue weighted by molar-refractivity contribution is 6.16. The van der Waals surface area contributed by atoms with Gasteiger partial charge in [0.1, 0.15) is 22.6 Å². The lowest BCUT2D eigenvalue weighted by Crippen LogP contribution is -2.35. The molecule has 1 fully saturated rings. The Bertz CT molecular complexity index is 1630. The van der Waals surface area contributed by atoms with Crippen LogP contribution < -0.4 is 24.8 Å². The molecule has 0 spiro atoms. The smallest absolute Gasteiger partial charge is 0.240 e. The van der Waals surface area contributed by atoms with E-state index in [0.717, 1.165) is 6.07 Å². The van der Waals surface area contributed by atoms with Crippen LogP contribution in [0.1, 0.15) is 33.6 Å². The molecule has 212 valence electrons. The molecular formula is C31H29F2N3O5. The highest BCUT2D eigenvalue weighted by atomic mass is 19.1. The van der Waals surface area contributed by atoms with Crippen LogP contribution in [-0.4, -0.2) is 29.5 Å². The van der Waals surface area contributed by atoms with Crippen molar-refractivity contribution >= 4 is 34.1 Å². The molecule has 1 aliphatic carbocycles. The van der Waals surface area contributed by atoms with Gasteiger partial charge in [-0.3, -0.25) is 14.6 Å². The van der Waals surface area contributed by atoms with Gasteiger partial charge >= 0.3 is 0 Å². The van der Waals surface area contributed by atoms with Gasteiger partial charge in [-0.2, -0.15) is 0 Å². The number of halogens is 2. The van der Waals surface area contributed by atoms with Crippen molar-refractivity contribution in [3.63, 3.8) is 0 Å². The van der Waals surface area contributed by atoms with Gasteiger partial charge in [-0.25, -0.2) is 8.78 Å². The van der Waals surface area contributed by atoms with E-state index in [-0.39, 0.29) is 11.4 Å². The average molecular weight is 562 g/mol. The van der Waals surface area contributed by atoms with Crippen molar-refractivity contribution in [2.45, 2.75) is 39.2 Å². The number of fused-ring (bicyclic) bond motifs is 1. The monoisotopic (exact) mass is 561 g/mol. The van der Waals surface area contributed by atoms with Gasteiger partial charge in [0.15, 0.2) is 23.1 Å². The zero-order chi connectivity index (χ0) is 29.4. The molecule has 1 saturated carbocycles. The molecular weight excluding hydrogens is 532 g/mol. The minimum atomic E-state index is -1.27. The summed E-state index contributed by atoms with van der Waals surface area (Å²) in [5.74, 6) is -0.936. The fourth-order valence-corrected chi connectivity index (χ4v) is 4.28. The number of amides is 2. The van der Waals surface area contributed by atoms with Gasteiger partial charge in [0, 0.05) is 35.1 Å². The molecule has 41 heavy (non-hydrogen) atoms. The van der Waals surface area contributed by atoms with Gasteiger partial charge in [-0.15, -0.1) is 0 Å². The van der Waals surface area contributed by atoms with Gasteiger partial charge in [-0.05, 0) is 82.1 Å². The molecule has 10 heteroatoms. The van der Waals surface area contributed by atoms with Crippen molar-refractivity contribution in [2.24, 2.45) is 5.41 Å². The first-order chi connectivity index (χ1) is 19.5. The van der Waals surface area contributed by atoms with E-state index in [0.29, 0.717) is 46.7 Å². The number of rotatable bonds is 8. The number of ether oxygens (including phenoxy) is 3. The fraction of sp³-hybridized carbons (Fsp3) is 0.258. The molecule has 2 N–H and O–H groups in total. The number of nitrogens with zero attached hydrogens (tertiary/aromatic N) is 1. The number of pyridine rings is 1. The maximum atomic E-state index is 15.1. The predicted molar refractivity (Wildman–Crippen MR) is 150 cm³/mol. The van der Waals surface area contributed by atoms with Crippen molar-refractivity contribution in [3.05, 3.63) is 78.5 Å². The molecule has 1 aliphatic rings. The summed E-state index contributed by atoms with van der Waals surface area (Å²) in [6, 6.07) is 14.3. The first-order valence-electron chi connectivity index (χ1n) is 13.0. The lowest BCUT2D eigenvalue weighted by Gasteiger charge is -2.23. The first kappa shape index (κ1) is 27.8. The lowest BCUT2D eigenvalue weighted by molar-refractivity contribution is -0.131. The lowest BCUT2D eigenvalue weighted by atomic mass is 10.0. The Balaban J connectivity index is 1.31. The number of carbonyl (C=O) groups is 2. The third-order valence-electron chi connectivity index (χ3n) is 6.53. The number of carbonyl (C=O) groups excluding carboxylic acids is 2. The zero-order valence-electron chi connectivity index (χ0n) is 23.0. The molecule has 0 bridgehead atoms. The van der Waals surface area contributed by atoms with E-state index < -0.39 is 34.5 Å². The van der Waals surface area contributed by atoms with Crippen LogP contribution in [0.3, 0.4) is 0 Å². The standard InChI is InChI=1S/C31H29F2N3O5/c1-30(2,3)41-27-17-23-21(16-26(27)39-4)24(11-14-34-23)40-25-10-9-20(15-22(25)33)36-29(38)31(12-13-31)28(37)35-19-7-5-18(32)6-8-19/h5-11,14-17H,12-13H2,1-4H3,(H,35,37)(H,36,38). The third-order valence-corrected chi connectivity index (χ3v) is 6.53. The molecule has 1 heterocycles. The van der Waals surface area contributed by atoms with Crippen LogP contribution in [0.5, 0.6) is 23.0 Å². The Morgan fingerprint density at radius 2 is 1.49 bits per heavy atom. The molecule has 4 aromatic rings. The number of nitrogens with one attached hydrogen (secondary N) is 2. The maximum absolute atomic E-state index is 15.1. The summed E-state index contributed by atoms with van der Waals surface area (Å²) in [4.78, 5) is 30.2. The van der Waals surface area contributed by atoms with E-state index in [9.17, 15) is 14.0 Å². The Kier molecular flexibility index (Phi) is 7.25. The molecule has 0 atom stereocenters. The summed E-state index contributed by atoms with van der Waals surface area (Å²) < 4.78 is 45.7. The fourth-order valence-electron chi connectivity index (χ4n) is 4.28. The number of aromatic nitrogens is 1. The van der Waals surface area contributed by atoms with E-state index in [1.54, 1.807) is 24.4 Å². The molecule has 1 aromatic heterocycles. The molecule has 3 aromatic carbocycles. The molecule has 0 radical (unpaired) electrons. The zero-order valence-corrected chi connectivity index (χ0v) is 23.0. The van der Waals surface area contributed by atoms with Crippen LogP contribution in [0.15, 0.2) is 66.9 Å². The molecule has 0 aliphatic heterocycles. The summed E-state index contributed by atoms with van der Waals surface area (Å²) in [6.45, 7) is 5.77. The van der Waals surface area contributed by atoms with Crippen LogP contribution in [0, 0.1) is 17.0 Å². The Morgan fingerprint density at radius 1 is 0.829 bits per heavy atom. The Hall–Kier alpha value is -4.73. The highest BCUT2D eigenvalue weighted by Gasteiger charge is 2.56. The van der Waals surface area contributed by atoms with Gasteiger partial charge in [0.05, 0.1) is 12.6 Å². The van der Waals surface area contributed by atoms with Gasteiger partial charge in [0.25, 0.3) is 0 Å². The molecule has 8 nitrogen and oxygen atoms in total. The second kappa shape index (κ2) is 10.7. The average Bonchev–Trinajstić information content (AvgIpc) is 3.73. The quantitative estimate of drug-likeness (QED) is 0.228. The van der Waals surface area contributed by atoms with Gasteiger partial charge in [-0.1, -0.05) is 0 Å². The molecule has 5 rings (SSSR count). The topological polar surface area (TPSA) is 98.8 Å². The second-order valence-corrected chi connectivity index (χ2v) is 10.8. The predicted octanol–water partition coefficient (Wildman–Crippen LogP) is 6.85. The number of anilines is 2. The van der Waals surface area contributed by atoms with Crippen molar-refractivity contribution < 1.29 is 32.6 Å². The largest absolute Gasteiger partial charge is 0.493 e. The summed E-state index contributed by atoms with van der Waals surface area (Å²) >= 11 is 0. The van der Waals surface area contributed by atoms with Crippen molar-refractivity contribution in [1.29, 1.82) is 0 Å². The number of methoxy groups -OCH3 is 1. The molecule has 2 amide bonds. The SMILES string of the molecule is COc1cc2c(Oc3ccc(NC(=O)C4(C(=O)Nc5ccc(F)cc5)CC4)cc3F)ccnc2cc1OC(C)(C)C. The van der Waals surface area contributed by atoms with Crippen LogP contribution in [-0.2, 0) is 9.59 Å². The van der Waals surface area contributed by atoms with Crippen LogP contribution >= 0.6 is 0 Å². The van der Waals surface area contributed by atoms with Gasteiger partial charge < -0.3 is 24.8 Å². The van der Waals surface area contributed by atoms with E-state index >= 15 is 4.39 Å².